The van der Waals surface area contributed by atoms with Crippen LogP contribution in [0.4, 0.5) is 5.95 Å². The van der Waals surface area contributed by atoms with Crippen LogP contribution < -0.4 is 10.0 Å². The molecule has 0 saturated heterocycles. The molecule has 0 spiro atoms. The Bertz CT molecular complexity index is 666. The Morgan fingerprint density at radius 3 is 2.55 bits per heavy atom. The molecule has 0 aliphatic heterocycles. The van der Waals surface area contributed by atoms with Crippen LogP contribution >= 0.6 is 0 Å². The van der Waals surface area contributed by atoms with Gasteiger partial charge in [0.2, 0.25) is 16.0 Å². The molecule has 0 radical (unpaired) electrons. The van der Waals surface area contributed by atoms with Gasteiger partial charge in [0.15, 0.2) is 0 Å². The van der Waals surface area contributed by atoms with Crippen molar-refractivity contribution in [2.75, 3.05) is 11.9 Å². The summed E-state index contributed by atoms with van der Waals surface area (Å²) in [6.45, 7) is 4.35. The molecule has 0 aliphatic rings. The molecule has 0 amide bonds. The molecule has 0 aliphatic carbocycles. The second-order valence-electron chi connectivity index (χ2n) is 4.03. The molecule has 9 heteroatoms. The van der Waals surface area contributed by atoms with Crippen LogP contribution in [0.25, 0.3) is 0 Å². The second-order valence-corrected chi connectivity index (χ2v) is 5.79. The summed E-state index contributed by atoms with van der Waals surface area (Å²) >= 11 is 0. The average molecular weight is 297 g/mol. The SMILES string of the molecule is CCNc1ncc(S(=O)(=O)NCc2cc(C)on2)cn1. The molecule has 2 heterocycles. The van der Waals surface area contributed by atoms with E-state index in [1.807, 2.05) is 6.92 Å². The van der Waals surface area contributed by atoms with Crippen LogP contribution in [0.1, 0.15) is 18.4 Å². The lowest BCUT2D eigenvalue weighted by Gasteiger charge is -2.05. The van der Waals surface area contributed by atoms with Gasteiger partial charge in [0.25, 0.3) is 0 Å². The van der Waals surface area contributed by atoms with E-state index in [0.717, 1.165) is 0 Å². The Kier molecular flexibility index (Phi) is 4.30. The highest BCUT2D eigenvalue weighted by Crippen LogP contribution is 2.09. The first kappa shape index (κ1) is 14.4. The predicted molar refractivity (Wildman–Crippen MR) is 71.5 cm³/mol. The van der Waals surface area contributed by atoms with Gasteiger partial charge in [-0.05, 0) is 13.8 Å². The lowest BCUT2D eigenvalue weighted by atomic mass is 10.4. The van der Waals surface area contributed by atoms with E-state index in [2.05, 4.69) is 25.2 Å². The van der Waals surface area contributed by atoms with Gasteiger partial charge in [0.1, 0.15) is 10.7 Å². The summed E-state index contributed by atoms with van der Waals surface area (Å²) < 4.78 is 31.3. The zero-order valence-electron chi connectivity index (χ0n) is 11.1. The number of aryl methyl sites for hydroxylation is 1. The van der Waals surface area contributed by atoms with Crippen molar-refractivity contribution < 1.29 is 12.9 Å². The molecule has 20 heavy (non-hydrogen) atoms. The van der Waals surface area contributed by atoms with Gasteiger partial charge in [-0.25, -0.2) is 23.1 Å². The van der Waals surface area contributed by atoms with E-state index >= 15 is 0 Å². The van der Waals surface area contributed by atoms with E-state index in [1.165, 1.54) is 12.4 Å². The molecule has 0 aromatic carbocycles. The summed E-state index contributed by atoms with van der Waals surface area (Å²) in [5, 5.41) is 6.59. The molecule has 0 saturated carbocycles. The van der Waals surface area contributed by atoms with Gasteiger partial charge in [0.05, 0.1) is 24.6 Å². The van der Waals surface area contributed by atoms with Gasteiger partial charge in [-0.2, -0.15) is 0 Å². The van der Waals surface area contributed by atoms with Crippen LogP contribution in [0, 0.1) is 6.92 Å². The Morgan fingerprint density at radius 1 is 1.30 bits per heavy atom. The van der Waals surface area contributed by atoms with Gasteiger partial charge in [-0.3, -0.25) is 0 Å². The zero-order valence-corrected chi connectivity index (χ0v) is 11.9. The first-order chi connectivity index (χ1) is 9.51. The largest absolute Gasteiger partial charge is 0.361 e. The van der Waals surface area contributed by atoms with Crippen molar-refractivity contribution in [3.63, 3.8) is 0 Å². The number of hydrogen-bond donors (Lipinski definition) is 2. The predicted octanol–water partition coefficient (Wildman–Crippen LogP) is 0.683. The van der Waals surface area contributed by atoms with Gasteiger partial charge in [0, 0.05) is 12.6 Å². The minimum Gasteiger partial charge on any atom is -0.361 e. The average Bonchev–Trinajstić information content (AvgIpc) is 2.84. The molecule has 2 aromatic rings. The first-order valence-electron chi connectivity index (χ1n) is 5.99. The molecule has 8 nitrogen and oxygen atoms in total. The van der Waals surface area contributed by atoms with E-state index in [9.17, 15) is 8.42 Å². The molecule has 108 valence electrons. The number of rotatable bonds is 6. The third-order valence-corrected chi connectivity index (χ3v) is 3.75. The number of sulfonamides is 1. The molecule has 0 unspecified atom stereocenters. The smallest absolute Gasteiger partial charge is 0.244 e. The standard InChI is InChI=1S/C11H15N5O3S/c1-3-12-11-13-6-10(7-14-11)20(17,18)15-5-9-4-8(2)19-16-9/h4,6-7,15H,3,5H2,1-2H3,(H,12,13,14). The van der Waals surface area contributed by atoms with E-state index in [-0.39, 0.29) is 11.4 Å². The summed E-state index contributed by atoms with van der Waals surface area (Å²) in [4.78, 5) is 7.84. The Balaban J connectivity index is 2.05. The molecular weight excluding hydrogens is 282 g/mol. The first-order valence-corrected chi connectivity index (χ1v) is 7.47. The lowest BCUT2D eigenvalue weighted by Crippen LogP contribution is -2.23. The minimum atomic E-state index is -3.67. The fourth-order valence-corrected chi connectivity index (χ4v) is 2.35. The zero-order chi connectivity index (χ0) is 14.6. The van der Waals surface area contributed by atoms with Crippen molar-refractivity contribution in [2.45, 2.75) is 25.3 Å². The summed E-state index contributed by atoms with van der Waals surface area (Å²) in [6, 6.07) is 1.66. The Morgan fingerprint density at radius 2 is 2.00 bits per heavy atom. The Hall–Kier alpha value is -2.00. The van der Waals surface area contributed by atoms with Gasteiger partial charge >= 0.3 is 0 Å². The molecular formula is C11H15N5O3S. The highest BCUT2D eigenvalue weighted by atomic mass is 32.2. The number of nitrogens with one attached hydrogen (secondary N) is 2. The van der Waals surface area contributed by atoms with Crippen LogP contribution in [0.3, 0.4) is 0 Å². The Labute approximate surface area is 116 Å². The highest BCUT2D eigenvalue weighted by molar-refractivity contribution is 7.89. The van der Waals surface area contributed by atoms with E-state index in [0.29, 0.717) is 23.9 Å². The van der Waals surface area contributed by atoms with Gasteiger partial charge in [-0.15, -0.1) is 0 Å². The van der Waals surface area contributed by atoms with Crippen molar-refractivity contribution >= 4 is 16.0 Å². The van der Waals surface area contributed by atoms with E-state index in [4.69, 9.17) is 4.52 Å². The summed E-state index contributed by atoms with van der Waals surface area (Å²) in [7, 11) is -3.67. The fourth-order valence-electron chi connectivity index (χ4n) is 1.46. The van der Waals surface area contributed by atoms with Crippen molar-refractivity contribution in [3.05, 3.63) is 29.9 Å². The van der Waals surface area contributed by atoms with Crippen molar-refractivity contribution in [1.29, 1.82) is 0 Å². The maximum absolute atomic E-state index is 12.0. The number of aromatic nitrogens is 3. The maximum atomic E-state index is 12.0. The summed E-state index contributed by atoms with van der Waals surface area (Å²) in [5.74, 6) is 1.01. The van der Waals surface area contributed by atoms with Crippen molar-refractivity contribution in [3.8, 4) is 0 Å². The third-order valence-electron chi connectivity index (χ3n) is 2.39. The van der Waals surface area contributed by atoms with Crippen LogP contribution in [0.2, 0.25) is 0 Å². The van der Waals surface area contributed by atoms with Crippen LogP contribution in [-0.2, 0) is 16.6 Å². The summed E-state index contributed by atoms with van der Waals surface area (Å²) in [6.07, 6.45) is 2.50. The normalized spacial score (nSPS) is 11.5. The molecule has 2 N–H and O–H groups in total. The molecule has 2 aromatic heterocycles. The topological polar surface area (TPSA) is 110 Å². The number of anilines is 1. The minimum absolute atomic E-state index is 0.000583. The van der Waals surface area contributed by atoms with Crippen molar-refractivity contribution in [1.82, 2.24) is 19.8 Å². The molecule has 0 fully saturated rings. The second kappa shape index (κ2) is 5.97. The summed E-state index contributed by atoms with van der Waals surface area (Å²) in [5.41, 5.74) is 0.510. The molecule has 0 bridgehead atoms. The number of nitrogens with zero attached hydrogens (tertiary/aromatic N) is 3. The quantitative estimate of drug-likeness (QED) is 0.806. The highest BCUT2D eigenvalue weighted by Gasteiger charge is 2.15. The maximum Gasteiger partial charge on any atom is 0.244 e. The molecule has 2 rings (SSSR count). The fraction of sp³-hybridized carbons (Fsp3) is 0.364. The van der Waals surface area contributed by atoms with Crippen LogP contribution in [-0.4, -0.2) is 30.1 Å². The van der Waals surface area contributed by atoms with Gasteiger partial charge in [-0.1, -0.05) is 5.16 Å². The van der Waals surface area contributed by atoms with E-state index in [1.54, 1.807) is 13.0 Å². The van der Waals surface area contributed by atoms with Crippen molar-refractivity contribution in [2.24, 2.45) is 0 Å². The lowest BCUT2D eigenvalue weighted by molar-refractivity contribution is 0.390. The third kappa shape index (κ3) is 3.52. The van der Waals surface area contributed by atoms with Gasteiger partial charge < -0.3 is 9.84 Å². The van der Waals surface area contributed by atoms with E-state index < -0.39 is 10.0 Å². The monoisotopic (exact) mass is 297 g/mol. The molecule has 0 atom stereocenters. The van der Waals surface area contributed by atoms with Crippen LogP contribution in [0.5, 0.6) is 0 Å². The van der Waals surface area contributed by atoms with Crippen LogP contribution in [0.15, 0.2) is 27.9 Å². The number of hydrogen-bond acceptors (Lipinski definition) is 7.